The van der Waals surface area contributed by atoms with Crippen LogP contribution in [0.2, 0.25) is 0 Å². The molecule has 1 heterocycles. The smallest absolute Gasteiger partial charge is 0.0304 e. The lowest BCUT2D eigenvalue weighted by molar-refractivity contribution is 0.00389. The highest BCUT2D eigenvalue weighted by atomic mass is 15.3. The van der Waals surface area contributed by atoms with Gasteiger partial charge in [-0.05, 0) is 44.4 Å². The van der Waals surface area contributed by atoms with E-state index >= 15 is 0 Å². The predicted octanol–water partition coefficient (Wildman–Crippen LogP) is 4.05. The van der Waals surface area contributed by atoms with E-state index in [0.717, 1.165) is 23.9 Å². The fourth-order valence-corrected chi connectivity index (χ4v) is 4.46. The van der Waals surface area contributed by atoms with Gasteiger partial charge in [0.2, 0.25) is 0 Å². The molecule has 2 heteroatoms. The fourth-order valence-electron chi connectivity index (χ4n) is 4.46. The van der Waals surface area contributed by atoms with Crippen LogP contribution in [0.1, 0.15) is 73.1 Å². The molecule has 0 amide bonds. The number of hydrogen-bond acceptors (Lipinski definition) is 2. The van der Waals surface area contributed by atoms with E-state index in [-0.39, 0.29) is 0 Å². The van der Waals surface area contributed by atoms with Gasteiger partial charge in [-0.15, -0.1) is 0 Å². The summed E-state index contributed by atoms with van der Waals surface area (Å²) in [4.78, 5) is 2.88. The van der Waals surface area contributed by atoms with E-state index in [0.29, 0.717) is 5.54 Å². The average molecular weight is 280 g/mol. The monoisotopic (exact) mass is 280 g/mol. The van der Waals surface area contributed by atoms with Crippen LogP contribution in [0.4, 0.5) is 0 Å². The minimum atomic E-state index is 0.359. The molecule has 2 nitrogen and oxygen atoms in total. The maximum atomic E-state index is 3.90. The summed E-state index contributed by atoms with van der Waals surface area (Å²) in [6.45, 7) is 14.4. The van der Waals surface area contributed by atoms with Gasteiger partial charge in [-0.1, -0.05) is 40.5 Å². The van der Waals surface area contributed by atoms with E-state index in [4.69, 9.17) is 0 Å². The summed E-state index contributed by atoms with van der Waals surface area (Å²) >= 11 is 0. The van der Waals surface area contributed by atoms with E-state index in [1.54, 1.807) is 0 Å². The molecule has 1 aliphatic heterocycles. The van der Waals surface area contributed by atoms with Gasteiger partial charge in [-0.25, -0.2) is 0 Å². The first-order valence-corrected chi connectivity index (χ1v) is 9.03. The summed E-state index contributed by atoms with van der Waals surface area (Å²) in [6, 6.07) is 1.49. The highest BCUT2D eigenvalue weighted by Crippen LogP contribution is 2.35. The van der Waals surface area contributed by atoms with Crippen molar-refractivity contribution in [3.63, 3.8) is 0 Å². The van der Waals surface area contributed by atoms with Crippen LogP contribution in [0, 0.1) is 11.8 Å². The van der Waals surface area contributed by atoms with Gasteiger partial charge >= 0.3 is 0 Å². The Labute approximate surface area is 126 Å². The third-order valence-electron chi connectivity index (χ3n) is 6.33. The Morgan fingerprint density at radius 3 is 2.20 bits per heavy atom. The zero-order valence-electron chi connectivity index (χ0n) is 14.4. The zero-order chi connectivity index (χ0) is 14.8. The molecule has 2 unspecified atom stereocenters. The van der Waals surface area contributed by atoms with Gasteiger partial charge in [-0.3, -0.25) is 4.90 Å². The Hall–Kier alpha value is -0.0800. The van der Waals surface area contributed by atoms with Crippen LogP contribution in [-0.2, 0) is 0 Å². The standard InChI is InChI=1S/C18H36N2/c1-6-18(7-2)13-20(17(12-19-18)14(3)4)15(5)16-10-8-9-11-16/h14-17,19H,6-13H2,1-5H3. The van der Waals surface area contributed by atoms with Crippen molar-refractivity contribution in [3.8, 4) is 0 Å². The molecule has 0 radical (unpaired) electrons. The Kier molecular flexibility index (Phi) is 5.53. The summed E-state index contributed by atoms with van der Waals surface area (Å²) in [5.74, 6) is 1.69. The summed E-state index contributed by atoms with van der Waals surface area (Å²) in [7, 11) is 0. The SMILES string of the molecule is CCC1(CC)CN(C(C)C2CCCC2)C(C(C)C)CN1. The van der Waals surface area contributed by atoms with Crippen molar-refractivity contribution in [2.45, 2.75) is 90.8 Å². The quantitative estimate of drug-likeness (QED) is 0.817. The van der Waals surface area contributed by atoms with E-state index in [9.17, 15) is 0 Å². The van der Waals surface area contributed by atoms with E-state index in [2.05, 4.69) is 44.8 Å². The van der Waals surface area contributed by atoms with Gasteiger partial charge in [-0.2, -0.15) is 0 Å². The molecule has 1 N–H and O–H groups in total. The van der Waals surface area contributed by atoms with Gasteiger partial charge in [0.25, 0.3) is 0 Å². The first-order chi connectivity index (χ1) is 9.53. The highest BCUT2D eigenvalue weighted by Gasteiger charge is 2.41. The largest absolute Gasteiger partial charge is 0.308 e. The van der Waals surface area contributed by atoms with Gasteiger partial charge in [0.15, 0.2) is 0 Å². The van der Waals surface area contributed by atoms with Gasteiger partial charge in [0.1, 0.15) is 0 Å². The van der Waals surface area contributed by atoms with Crippen molar-refractivity contribution >= 4 is 0 Å². The van der Waals surface area contributed by atoms with Crippen molar-refractivity contribution < 1.29 is 0 Å². The molecular weight excluding hydrogens is 244 g/mol. The van der Waals surface area contributed by atoms with Crippen LogP contribution in [0.3, 0.4) is 0 Å². The highest BCUT2D eigenvalue weighted by molar-refractivity contribution is 5.00. The molecule has 1 saturated heterocycles. The predicted molar refractivity (Wildman–Crippen MR) is 88.1 cm³/mol. The summed E-state index contributed by atoms with van der Waals surface area (Å²) in [5.41, 5.74) is 0.359. The Bertz CT molecular complexity index is 290. The maximum absolute atomic E-state index is 3.90. The minimum Gasteiger partial charge on any atom is -0.308 e. The number of nitrogens with zero attached hydrogens (tertiary/aromatic N) is 1. The minimum absolute atomic E-state index is 0.359. The first-order valence-electron chi connectivity index (χ1n) is 9.03. The van der Waals surface area contributed by atoms with E-state index in [1.165, 1.54) is 51.6 Å². The maximum Gasteiger partial charge on any atom is 0.0304 e. The lowest BCUT2D eigenvalue weighted by Gasteiger charge is -2.52. The van der Waals surface area contributed by atoms with Crippen molar-refractivity contribution in [2.75, 3.05) is 13.1 Å². The average Bonchev–Trinajstić information content (AvgIpc) is 2.99. The zero-order valence-corrected chi connectivity index (χ0v) is 14.4. The molecule has 118 valence electrons. The van der Waals surface area contributed by atoms with Crippen LogP contribution < -0.4 is 5.32 Å². The van der Waals surface area contributed by atoms with Crippen molar-refractivity contribution in [1.29, 1.82) is 0 Å². The number of nitrogens with one attached hydrogen (secondary N) is 1. The molecule has 20 heavy (non-hydrogen) atoms. The Morgan fingerprint density at radius 2 is 1.70 bits per heavy atom. The topological polar surface area (TPSA) is 15.3 Å². The number of rotatable bonds is 5. The van der Waals surface area contributed by atoms with E-state index < -0.39 is 0 Å². The van der Waals surface area contributed by atoms with E-state index in [1.807, 2.05) is 0 Å². The second-order valence-corrected chi connectivity index (χ2v) is 7.64. The first kappa shape index (κ1) is 16.3. The molecule has 2 rings (SSSR count). The molecule has 0 aromatic heterocycles. The third-order valence-corrected chi connectivity index (χ3v) is 6.33. The van der Waals surface area contributed by atoms with Crippen molar-refractivity contribution in [2.24, 2.45) is 11.8 Å². The van der Waals surface area contributed by atoms with Crippen molar-refractivity contribution in [1.82, 2.24) is 10.2 Å². The molecule has 0 spiro atoms. The summed E-state index contributed by atoms with van der Waals surface area (Å²) < 4.78 is 0. The van der Waals surface area contributed by atoms with Crippen LogP contribution in [0.5, 0.6) is 0 Å². The van der Waals surface area contributed by atoms with Gasteiger partial charge < -0.3 is 5.32 Å². The molecule has 2 fully saturated rings. The number of hydrogen-bond donors (Lipinski definition) is 1. The van der Waals surface area contributed by atoms with Gasteiger partial charge in [0.05, 0.1) is 0 Å². The normalized spacial score (nSPS) is 30.0. The molecule has 2 atom stereocenters. The summed E-state index contributed by atoms with van der Waals surface area (Å²) in [6.07, 6.45) is 8.34. The molecule has 0 aromatic rings. The second kappa shape index (κ2) is 6.79. The Morgan fingerprint density at radius 1 is 1.10 bits per heavy atom. The van der Waals surface area contributed by atoms with Gasteiger partial charge in [0, 0.05) is 30.7 Å². The molecular formula is C18H36N2. The molecule has 0 aromatic carbocycles. The third kappa shape index (κ3) is 3.22. The van der Waals surface area contributed by atoms with Crippen LogP contribution in [0.15, 0.2) is 0 Å². The molecule has 1 aliphatic carbocycles. The van der Waals surface area contributed by atoms with Crippen molar-refractivity contribution in [3.05, 3.63) is 0 Å². The fraction of sp³-hybridized carbons (Fsp3) is 1.00. The second-order valence-electron chi connectivity index (χ2n) is 7.64. The number of piperazine rings is 1. The summed E-state index contributed by atoms with van der Waals surface area (Å²) in [5, 5.41) is 3.90. The van der Waals surface area contributed by atoms with Crippen LogP contribution in [0.25, 0.3) is 0 Å². The molecule has 0 bridgehead atoms. The Balaban J connectivity index is 2.13. The van der Waals surface area contributed by atoms with Crippen LogP contribution in [-0.4, -0.2) is 35.6 Å². The molecule has 1 saturated carbocycles. The van der Waals surface area contributed by atoms with Crippen LogP contribution >= 0.6 is 0 Å². The molecule has 2 aliphatic rings. The lowest BCUT2D eigenvalue weighted by Crippen LogP contribution is -2.67. The lowest BCUT2D eigenvalue weighted by atomic mass is 9.83.